The highest BCUT2D eigenvalue weighted by molar-refractivity contribution is 7.99. The average molecular weight is 512 g/mol. The van der Waals surface area contributed by atoms with Gasteiger partial charge < -0.3 is 14.8 Å². The molecule has 1 N–H and O–H groups in total. The smallest absolute Gasteiger partial charge is 0.416 e. The Morgan fingerprint density at radius 3 is 2.43 bits per heavy atom. The molecular formula is C25H28F3NO5S. The first-order valence-electron chi connectivity index (χ1n) is 11.3. The molecule has 1 aliphatic heterocycles. The lowest BCUT2D eigenvalue weighted by Gasteiger charge is -2.38. The Bertz CT molecular complexity index is 1060. The Morgan fingerprint density at radius 2 is 1.86 bits per heavy atom. The Hall–Kier alpha value is -2.75. The van der Waals surface area contributed by atoms with Crippen LogP contribution in [0.5, 0.6) is 0 Å². The lowest BCUT2D eigenvalue weighted by Crippen LogP contribution is -2.43. The summed E-state index contributed by atoms with van der Waals surface area (Å²) in [5, 5.41) is 3.12. The van der Waals surface area contributed by atoms with E-state index in [1.165, 1.54) is 19.2 Å². The average Bonchev–Trinajstić information content (AvgIpc) is 2.80. The first-order chi connectivity index (χ1) is 16.5. The summed E-state index contributed by atoms with van der Waals surface area (Å²) in [5.74, 6) is -2.84. The molecule has 0 aromatic heterocycles. The number of methoxy groups -OCH3 is 1. The van der Waals surface area contributed by atoms with Gasteiger partial charge in [0.25, 0.3) is 0 Å². The van der Waals surface area contributed by atoms with Crippen LogP contribution in [0.1, 0.15) is 44.2 Å². The van der Waals surface area contributed by atoms with Crippen LogP contribution in [0.4, 0.5) is 13.2 Å². The highest BCUT2D eigenvalue weighted by atomic mass is 32.2. The van der Waals surface area contributed by atoms with Crippen molar-refractivity contribution in [2.75, 3.05) is 25.2 Å². The summed E-state index contributed by atoms with van der Waals surface area (Å²) in [7, 11) is 1.19. The number of ether oxygens (including phenoxy) is 2. The maximum absolute atomic E-state index is 13.6. The second kappa shape index (κ2) is 10.9. The van der Waals surface area contributed by atoms with E-state index >= 15 is 0 Å². The number of ketones is 1. The van der Waals surface area contributed by atoms with Gasteiger partial charge in [0, 0.05) is 28.6 Å². The predicted molar refractivity (Wildman–Crippen MR) is 125 cm³/mol. The number of alkyl halides is 3. The molecule has 0 radical (unpaired) electrons. The summed E-state index contributed by atoms with van der Waals surface area (Å²) < 4.78 is 49.8. The van der Waals surface area contributed by atoms with E-state index in [4.69, 9.17) is 9.47 Å². The van der Waals surface area contributed by atoms with Gasteiger partial charge in [0.2, 0.25) is 0 Å². The van der Waals surface area contributed by atoms with Crippen molar-refractivity contribution in [2.24, 2.45) is 11.8 Å². The minimum atomic E-state index is -4.53. The van der Waals surface area contributed by atoms with Gasteiger partial charge in [-0.3, -0.25) is 9.59 Å². The third kappa shape index (κ3) is 5.58. The molecule has 1 heterocycles. The van der Waals surface area contributed by atoms with Gasteiger partial charge in [0.1, 0.15) is 12.5 Å². The van der Waals surface area contributed by atoms with E-state index in [9.17, 15) is 27.6 Å². The molecule has 1 aliphatic carbocycles. The third-order valence-corrected chi connectivity index (χ3v) is 7.06. The summed E-state index contributed by atoms with van der Waals surface area (Å²) in [6.45, 7) is 5.55. The Kier molecular flexibility index (Phi) is 8.35. The topological polar surface area (TPSA) is 81.7 Å². The molecule has 190 valence electrons. The number of carbonyl (C=O) groups is 3. The number of halogens is 3. The number of allylic oxidation sites excluding steroid dienone is 3. The molecule has 0 saturated heterocycles. The molecule has 2 aliphatic rings. The van der Waals surface area contributed by atoms with Crippen LogP contribution in [0.3, 0.4) is 0 Å². The van der Waals surface area contributed by atoms with Crippen molar-refractivity contribution in [1.29, 1.82) is 0 Å². The second-order valence-electron chi connectivity index (χ2n) is 8.49. The number of Topliss-reactive ketones (excluding diaryl/α,β-unsaturated/α-hetero) is 1. The first kappa shape index (κ1) is 26.8. The highest BCUT2D eigenvalue weighted by Gasteiger charge is 2.47. The molecule has 0 spiro atoms. The van der Waals surface area contributed by atoms with Gasteiger partial charge in [0.05, 0.1) is 18.2 Å². The predicted octanol–water partition coefficient (Wildman–Crippen LogP) is 4.61. The van der Waals surface area contributed by atoms with Crippen molar-refractivity contribution in [3.8, 4) is 0 Å². The largest absolute Gasteiger partial charge is 0.468 e. The van der Waals surface area contributed by atoms with Crippen molar-refractivity contribution in [1.82, 2.24) is 5.32 Å². The van der Waals surface area contributed by atoms with Gasteiger partial charge in [-0.15, -0.1) is 0 Å². The van der Waals surface area contributed by atoms with Crippen LogP contribution in [-0.2, 0) is 30.0 Å². The number of hydrogen-bond acceptors (Lipinski definition) is 7. The number of rotatable bonds is 7. The van der Waals surface area contributed by atoms with Crippen LogP contribution in [-0.4, -0.2) is 42.9 Å². The summed E-state index contributed by atoms with van der Waals surface area (Å²) in [5.41, 5.74) is 0.798. The van der Waals surface area contributed by atoms with Gasteiger partial charge in [0.15, 0.2) is 5.78 Å². The molecule has 3 atom stereocenters. The number of dihydropyridines is 1. The van der Waals surface area contributed by atoms with Crippen LogP contribution in [0.15, 0.2) is 46.8 Å². The summed E-state index contributed by atoms with van der Waals surface area (Å²) in [4.78, 5) is 39.2. The molecule has 3 rings (SSSR count). The zero-order chi connectivity index (χ0) is 25.9. The van der Waals surface area contributed by atoms with Gasteiger partial charge >= 0.3 is 18.1 Å². The SMILES string of the molecule is CCSCCOC(=O)C1=C(C)NC2=C(C(=O)[C@H](C(=O)OC)[C@H](C)C2)[C@@H]1c1ccc(C(F)(F)F)cc1. The fourth-order valence-corrected chi connectivity index (χ4v) is 5.05. The van der Waals surface area contributed by atoms with E-state index in [0.717, 1.165) is 17.9 Å². The third-order valence-electron chi connectivity index (χ3n) is 6.20. The molecule has 6 nitrogen and oxygen atoms in total. The zero-order valence-corrected chi connectivity index (χ0v) is 20.8. The fourth-order valence-electron chi connectivity index (χ4n) is 4.56. The van der Waals surface area contributed by atoms with Crippen molar-refractivity contribution < 1.29 is 37.0 Å². The standard InChI is InChI=1S/C25H28F3NO5S/c1-5-35-11-10-34-24(32)19-14(3)29-17-12-13(2)18(23(31)33-4)22(30)21(17)20(19)15-6-8-16(9-7-15)25(26,27)28/h6-9,13,18,20,29H,5,10-12H2,1-4H3/t13-,18-,20-/m1/s1. The van der Waals surface area contributed by atoms with Gasteiger partial charge in [-0.05, 0) is 42.7 Å². The molecule has 0 unspecified atom stereocenters. The number of carbonyl (C=O) groups excluding carboxylic acids is 3. The van der Waals surface area contributed by atoms with E-state index in [2.05, 4.69) is 5.32 Å². The van der Waals surface area contributed by atoms with E-state index < -0.39 is 41.3 Å². The Morgan fingerprint density at radius 1 is 1.20 bits per heavy atom. The van der Waals surface area contributed by atoms with E-state index in [1.807, 2.05) is 6.92 Å². The van der Waals surface area contributed by atoms with Crippen LogP contribution >= 0.6 is 11.8 Å². The quantitative estimate of drug-likeness (QED) is 0.325. The van der Waals surface area contributed by atoms with Crippen molar-refractivity contribution in [2.45, 2.75) is 39.3 Å². The van der Waals surface area contributed by atoms with Crippen molar-refractivity contribution >= 4 is 29.5 Å². The monoisotopic (exact) mass is 511 g/mol. The number of nitrogens with one attached hydrogen (secondary N) is 1. The number of esters is 2. The number of thioether (sulfide) groups is 1. The molecule has 1 aromatic rings. The van der Waals surface area contributed by atoms with Gasteiger partial charge in [-0.2, -0.15) is 24.9 Å². The molecule has 0 amide bonds. The minimum Gasteiger partial charge on any atom is -0.468 e. The van der Waals surface area contributed by atoms with Gasteiger partial charge in [-0.25, -0.2) is 4.79 Å². The maximum Gasteiger partial charge on any atom is 0.416 e. The van der Waals surface area contributed by atoms with Crippen molar-refractivity contribution in [3.63, 3.8) is 0 Å². The van der Waals surface area contributed by atoms with E-state index in [-0.39, 0.29) is 23.7 Å². The number of hydrogen-bond donors (Lipinski definition) is 1. The minimum absolute atomic E-state index is 0.136. The fraction of sp³-hybridized carbons (Fsp3) is 0.480. The molecule has 10 heteroatoms. The molecule has 0 fully saturated rings. The van der Waals surface area contributed by atoms with Crippen LogP contribution in [0.2, 0.25) is 0 Å². The normalized spacial score (nSPS) is 22.5. The molecule has 0 bridgehead atoms. The van der Waals surface area contributed by atoms with Crippen molar-refractivity contribution in [3.05, 3.63) is 57.9 Å². The summed E-state index contributed by atoms with van der Waals surface area (Å²) in [6.07, 6.45) is -4.20. The second-order valence-corrected chi connectivity index (χ2v) is 9.88. The van der Waals surface area contributed by atoms with E-state index in [0.29, 0.717) is 29.1 Å². The molecular weight excluding hydrogens is 483 g/mol. The van der Waals surface area contributed by atoms with Gasteiger partial charge in [-0.1, -0.05) is 26.0 Å². The summed E-state index contributed by atoms with van der Waals surface area (Å²) in [6, 6.07) is 4.35. The van der Waals surface area contributed by atoms with Crippen LogP contribution in [0, 0.1) is 11.8 Å². The molecule has 0 saturated carbocycles. The van der Waals surface area contributed by atoms with Crippen LogP contribution in [0.25, 0.3) is 0 Å². The zero-order valence-electron chi connectivity index (χ0n) is 20.0. The summed E-state index contributed by atoms with van der Waals surface area (Å²) >= 11 is 1.59. The highest BCUT2D eigenvalue weighted by Crippen LogP contribution is 2.46. The lowest BCUT2D eigenvalue weighted by atomic mass is 9.69. The Balaban J connectivity index is 2.09. The van der Waals surface area contributed by atoms with Crippen LogP contribution < -0.4 is 5.32 Å². The lowest BCUT2D eigenvalue weighted by molar-refractivity contribution is -0.151. The van der Waals surface area contributed by atoms with E-state index in [1.54, 1.807) is 25.6 Å². The molecule has 1 aromatic carbocycles. The maximum atomic E-state index is 13.6. The molecule has 35 heavy (non-hydrogen) atoms. The first-order valence-corrected chi connectivity index (χ1v) is 12.4. The Labute approximate surface area is 206 Å². The number of benzene rings is 1.